The number of carbonyl (C=O) groups is 1. The number of carbonyl (C=O) groups excluding carboxylic acids is 1. The van der Waals surface area contributed by atoms with E-state index in [0.29, 0.717) is 11.3 Å². The van der Waals surface area contributed by atoms with Crippen LogP contribution in [0.25, 0.3) is 0 Å². The molecular weight excluding hydrogens is 204 g/mol. The lowest BCUT2D eigenvalue weighted by atomic mass is 10.1. The molecule has 4 nitrogen and oxygen atoms in total. The molecule has 0 aromatic heterocycles. The van der Waals surface area contributed by atoms with Gasteiger partial charge in [-0.2, -0.15) is 0 Å². The number of piperidine rings is 1. The topological polar surface area (TPSA) is 64.4 Å². The van der Waals surface area contributed by atoms with Crippen molar-refractivity contribution < 1.29 is 9.53 Å². The van der Waals surface area contributed by atoms with Crippen LogP contribution in [0.4, 0.5) is 0 Å². The molecule has 0 aliphatic carbocycles. The van der Waals surface area contributed by atoms with Crippen LogP contribution in [0.1, 0.15) is 23.2 Å². The lowest BCUT2D eigenvalue weighted by molar-refractivity contribution is 0.0989. The summed E-state index contributed by atoms with van der Waals surface area (Å²) in [4.78, 5) is 11.2. The Balaban J connectivity index is 2.10. The number of nitrogens with two attached hydrogens (primary N) is 1. The Hall–Kier alpha value is -1.55. The van der Waals surface area contributed by atoms with Crippen molar-refractivity contribution >= 4 is 5.91 Å². The number of para-hydroxylation sites is 1. The van der Waals surface area contributed by atoms with E-state index in [1.807, 2.05) is 6.07 Å². The summed E-state index contributed by atoms with van der Waals surface area (Å²) >= 11 is 0. The van der Waals surface area contributed by atoms with Crippen molar-refractivity contribution in [3.8, 4) is 5.75 Å². The first kappa shape index (κ1) is 11.0. The van der Waals surface area contributed by atoms with Gasteiger partial charge in [0.2, 0.25) is 0 Å². The molecule has 1 saturated heterocycles. The van der Waals surface area contributed by atoms with Crippen LogP contribution in [0, 0.1) is 0 Å². The molecule has 2 rings (SSSR count). The molecule has 0 atom stereocenters. The predicted molar refractivity (Wildman–Crippen MR) is 61.5 cm³/mol. The summed E-state index contributed by atoms with van der Waals surface area (Å²) in [5.74, 6) is 0.159. The Kier molecular flexibility index (Phi) is 3.41. The molecule has 16 heavy (non-hydrogen) atoms. The van der Waals surface area contributed by atoms with Gasteiger partial charge in [0, 0.05) is 0 Å². The van der Waals surface area contributed by atoms with E-state index in [1.165, 1.54) is 0 Å². The quantitative estimate of drug-likeness (QED) is 0.796. The molecular formula is C12H16N2O2. The molecule has 1 fully saturated rings. The van der Waals surface area contributed by atoms with E-state index >= 15 is 0 Å². The summed E-state index contributed by atoms with van der Waals surface area (Å²) < 4.78 is 5.81. The van der Waals surface area contributed by atoms with Crippen molar-refractivity contribution in [2.45, 2.75) is 18.9 Å². The van der Waals surface area contributed by atoms with Crippen LogP contribution >= 0.6 is 0 Å². The number of hydrogen-bond donors (Lipinski definition) is 2. The second-order valence-electron chi connectivity index (χ2n) is 3.93. The highest BCUT2D eigenvalue weighted by molar-refractivity contribution is 5.95. The van der Waals surface area contributed by atoms with Gasteiger partial charge >= 0.3 is 0 Å². The molecule has 0 radical (unpaired) electrons. The third kappa shape index (κ3) is 2.52. The van der Waals surface area contributed by atoms with Gasteiger partial charge in [0.05, 0.1) is 5.56 Å². The Morgan fingerprint density at radius 1 is 1.31 bits per heavy atom. The highest BCUT2D eigenvalue weighted by Gasteiger charge is 2.17. The minimum atomic E-state index is -0.440. The average molecular weight is 220 g/mol. The monoisotopic (exact) mass is 220 g/mol. The van der Waals surface area contributed by atoms with E-state index in [9.17, 15) is 4.79 Å². The Bertz CT molecular complexity index is 373. The van der Waals surface area contributed by atoms with Crippen LogP contribution in [0.2, 0.25) is 0 Å². The van der Waals surface area contributed by atoms with E-state index < -0.39 is 5.91 Å². The van der Waals surface area contributed by atoms with Crippen LogP contribution in [-0.4, -0.2) is 25.1 Å². The fourth-order valence-corrected chi connectivity index (χ4v) is 1.87. The first-order chi connectivity index (χ1) is 7.77. The molecule has 0 spiro atoms. The number of nitrogens with one attached hydrogen (secondary N) is 1. The Labute approximate surface area is 94.8 Å². The molecule has 3 N–H and O–H groups in total. The fourth-order valence-electron chi connectivity index (χ4n) is 1.87. The van der Waals surface area contributed by atoms with Gasteiger partial charge in [-0.05, 0) is 38.1 Å². The standard InChI is InChI=1S/C12H16N2O2/c13-12(15)10-3-1-2-4-11(10)16-9-5-7-14-8-6-9/h1-4,9,14H,5-8H2,(H2,13,15). The van der Waals surface area contributed by atoms with E-state index in [2.05, 4.69) is 5.32 Å². The second-order valence-corrected chi connectivity index (χ2v) is 3.93. The molecule has 1 aliphatic rings. The van der Waals surface area contributed by atoms with Crippen LogP contribution in [0.5, 0.6) is 5.75 Å². The van der Waals surface area contributed by atoms with E-state index in [0.717, 1.165) is 25.9 Å². The molecule has 1 heterocycles. The lowest BCUT2D eigenvalue weighted by Crippen LogP contribution is -2.34. The number of primary amides is 1. The summed E-state index contributed by atoms with van der Waals surface area (Å²) in [6.45, 7) is 1.92. The number of hydrogen-bond acceptors (Lipinski definition) is 3. The van der Waals surface area contributed by atoms with Crippen molar-refractivity contribution in [3.05, 3.63) is 29.8 Å². The van der Waals surface area contributed by atoms with Crippen molar-refractivity contribution in [1.29, 1.82) is 0 Å². The Morgan fingerprint density at radius 2 is 2.00 bits per heavy atom. The second kappa shape index (κ2) is 4.99. The molecule has 1 aliphatic heterocycles. The largest absolute Gasteiger partial charge is 0.489 e. The molecule has 0 bridgehead atoms. The van der Waals surface area contributed by atoms with Crippen LogP contribution in [-0.2, 0) is 0 Å². The summed E-state index contributed by atoms with van der Waals surface area (Å²) in [7, 11) is 0. The molecule has 86 valence electrons. The maximum Gasteiger partial charge on any atom is 0.252 e. The van der Waals surface area contributed by atoms with Gasteiger partial charge in [-0.15, -0.1) is 0 Å². The predicted octanol–water partition coefficient (Wildman–Crippen LogP) is 0.916. The van der Waals surface area contributed by atoms with Gasteiger partial charge in [0.15, 0.2) is 0 Å². The number of amides is 1. The summed E-state index contributed by atoms with van der Waals surface area (Å²) in [5.41, 5.74) is 5.75. The SMILES string of the molecule is NC(=O)c1ccccc1OC1CCNCC1. The van der Waals surface area contributed by atoms with E-state index in [-0.39, 0.29) is 6.10 Å². The summed E-state index contributed by atoms with van der Waals surface area (Å²) in [6, 6.07) is 7.12. The smallest absolute Gasteiger partial charge is 0.252 e. The summed E-state index contributed by atoms with van der Waals surface area (Å²) in [6.07, 6.45) is 2.11. The minimum absolute atomic E-state index is 0.182. The van der Waals surface area contributed by atoms with Gasteiger partial charge < -0.3 is 15.8 Å². The molecule has 0 saturated carbocycles. The Morgan fingerprint density at radius 3 is 2.69 bits per heavy atom. The third-order valence-corrected chi connectivity index (χ3v) is 2.73. The van der Waals surface area contributed by atoms with Crippen LogP contribution < -0.4 is 15.8 Å². The third-order valence-electron chi connectivity index (χ3n) is 2.73. The molecule has 1 aromatic carbocycles. The zero-order chi connectivity index (χ0) is 11.4. The fraction of sp³-hybridized carbons (Fsp3) is 0.417. The van der Waals surface area contributed by atoms with E-state index in [4.69, 9.17) is 10.5 Å². The number of rotatable bonds is 3. The zero-order valence-electron chi connectivity index (χ0n) is 9.11. The summed E-state index contributed by atoms with van der Waals surface area (Å²) in [5, 5.41) is 3.27. The highest BCUT2D eigenvalue weighted by Crippen LogP contribution is 2.21. The maximum atomic E-state index is 11.2. The molecule has 1 aromatic rings. The maximum absolute atomic E-state index is 11.2. The van der Waals surface area contributed by atoms with Crippen molar-refractivity contribution in [1.82, 2.24) is 5.32 Å². The zero-order valence-corrected chi connectivity index (χ0v) is 9.11. The van der Waals surface area contributed by atoms with Gasteiger partial charge in [0.25, 0.3) is 5.91 Å². The van der Waals surface area contributed by atoms with Crippen LogP contribution in [0.15, 0.2) is 24.3 Å². The van der Waals surface area contributed by atoms with Crippen molar-refractivity contribution in [2.24, 2.45) is 5.73 Å². The number of benzene rings is 1. The molecule has 1 amide bonds. The van der Waals surface area contributed by atoms with Crippen molar-refractivity contribution in [3.63, 3.8) is 0 Å². The van der Waals surface area contributed by atoms with E-state index in [1.54, 1.807) is 18.2 Å². The first-order valence-electron chi connectivity index (χ1n) is 5.53. The van der Waals surface area contributed by atoms with Gasteiger partial charge in [-0.3, -0.25) is 4.79 Å². The van der Waals surface area contributed by atoms with Crippen molar-refractivity contribution in [2.75, 3.05) is 13.1 Å². The van der Waals surface area contributed by atoms with Gasteiger partial charge in [0.1, 0.15) is 11.9 Å². The normalized spacial score (nSPS) is 17.0. The highest BCUT2D eigenvalue weighted by atomic mass is 16.5. The molecule has 4 heteroatoms. The lowest BCUT2D eigenvalue weighted by Gasteiger charge is -2.24. The average Bonchev–Trinajstić information content (AvgIpc) is 2.31. The van der Waals surface area contributed by atoms with Crippen LogP contribution in [0.3, 0.4) is 0 Å². The van der Waals surface area contributed by atoms with Gasteiger partial charge in [-0.25, -0.2) is 0 Å². The minimum Gasteiger partial charge on any atom is -0.489 e. The van der Waals surface area contributed by atoms with Gasteiger partial charge in [-0.1, -0.05) is 12.1 Å². The number of ether oxygens (including phenoxy) is 1. The molecule has 0 unspecified atom stereocenters. The first-order valence-corrected chi connectivity index (χ1v) is 5.53.